The Morgan fingerprint density at radius 3 is 2.41 bits per heavy atom. The third-order valence-electron chi connectivity index (χ3n) is 5.80. The summed E-state index contributed by atoms with van der Waals surface area (Å²) in [5.74, 6) is 4.35. The number of nitrogens with one attached hydrogen (secondary N) is 1. The predicted octanol–water partition coefficient (Wildman–Crippen LogP) is 4.03. The molecule has 0 aliphatic heterocycles. The van der Waals surface area contributed by atoms with Crippen LogP contribution in [0.4, 0.5) is 4.39 Å². The number of amides is 1. The molecule has 0 spiro atoms. The van der Waals surface area contributed by atoms with Gasteiger partial charge in [-0.2, -0.15) is 0 Å². The molecule has 0 unspecified atom stereocenters. The summed E-state index contributed by atoms with van der Waals surface area (Å²) in [5, 5.41) is 0.427. The molecule has 156 valence electrons. The van der Waals surface area contributed by atoms with Gasteiger partial charge in [-0.05, 0) is 68.9 Å². The normalized spacial score (nSPS) is 22.3. The molecule has 0 atom stereocenters. The summed E-state index contributed by atoms with van der Waals surface area (Å²) in [6.07, 6.45) is 1.63. The van der Waals surface area contributed by atoms with Crippen molar-refractivity contribution in [3.05, 3.63) is 64.4 Å². The second-order valence-corrected chi connectivity index (χ2v) is 10.3. The van der Waals surface area contributed by atoms with Crippen LogP contribution >= 0.6 is 11.6 Å². The molecule has 29 heavy (non-hydrogen) atoms. The van der Waals surface area contributed by atoms with E-state index in [1.807, 2.05) is 6.92 Å². The van der Waals surface area contributed by atoms with Crippen molar-refractivity contribution < 1.29 is 17.6 Å². The van der Waals surface area contributed by atoms with E-state index in [9.17, 15) is 17.6 Å². The number of nitrogens with two attached hydrogens (primary N) is 1. The standard InChI is InChI=1S/C21H24ClFN2O3S/c1-14-2-7-19(23)18(12-14)21(10-8-15(9-11-21)13-20(26)25-24)29(27,28)17-5-3-16(22)4-6-17/h2-7,12,15H,8-11,13,24H2,1H3,(H,25,26)/t15-,21+. The van der Waals surface area contributed by atoms with Crippen LogP contribution in [0.15, 0.2) is 47.4 Å². The zero-order valence-electron chi connectivity index (χ0n) is 16.1. The first kappa shape index (κ1) is 21.7. The summed E-state index contributed by atoms with van der Waals surface area (Å²) in [4.78, 5) is 11.7. The Labute approximate surface area is 175 Å². The molecular weight excluding hydrogens is 415 g/mol. The van der Waals surface area contributed by atoms with Gasteiger partial charge in [-0.3, -0.25) is 10.2 Å². The molecular formula is C21H24ClFN2O3S. The van der Waals surface area contributed by atoms with E-state index in [1.165, 1.54) is 30.3 Å². The van der Waals surface area contributed by atoms with Gasteiger partial charge in [-0.15, -0.1) is 0 Å². The van der Waals surface area contributed by atoms with Gasteiger partial charge in [-0.1, -0.05) is 29.3 Å². The van der Waals surface area contributed by atoms with E-state index < -0.39 is 20.4 Å². The van der Waals surface area contributed by atoms with E-state index in [0.29, 0.717) is 17.9 Å². The first-order chi connectivity index (χ1) is 13.7. The lowest BCUT2D eigenvalue weighted by atomic mass is 9.76. The van der Waals surface area contributed by atoms with Crippen LogP contribution in [-0.4, -0.2) is 14.3 Å². The van der Waals surface area contributed by atoms with Crippen molar-refractivity contribution in [3.63, 3.8) is 0 Å². The van der Waals surface area contributed by atoms with Gasteiger partial charge in [0.05, 0.1) is 4.90 Å². The fourth-order valence-corrected chi connectivity index (χ4v) is 6.47. The van der Waals surface area contributed by atoms with Gasteiger partial charge in [0, 0.05) is 17.0 Å². The lowest BCUT2D eigenvalue weighted by Gasteiger charge is -2.40. The largest absolute Gasteiger partial charge is 0.294 e. The van der Waals surface area contributed by atoms with E-state index in [4.69, 9.17) is 17.4 Å². The third kappa shape index (κ3) is 4.17. The zero-order valence-corrected chi connectivity index (χ0v) is 17.7. The number of benzene rings is 2. The van der Waals surface area contributed by atoms with Gasteiger partial charge >= 0.3 is 0 Å². The summed E-state index contributed by atoms with van der Waals surface area (Å²) >= 11 is 5.92. The maximum Gasteiger partial charge on any atom is 0.234 e. The van der Waals surface area contributed by atoms with Crippen molar-refractivity contribution in [3.8, 4) is 0 Å². The van der Waals surface area contributed by atoms with E-state index in [0.717, 1.165) is 5.56 Å². The number of hydrazine groups is 1. The zero-order chi connectivity index (χ0) is 21.2. The molecule has 2 aromatic carbocycles. The van der Waals surface area contributed by atoms with Crippen LogP contribution in [0.3, 0.4) is 0 Å². The lowest BCUT2D eigenvalue weighted by Crippen LogP contribution is -2.41. The molecule has 1 saturated carbocycles. The van der Waals surface area contributed by atoms with Gasteiger partial charge in [0.2, 0.25) is 5.91 Å². The monoisotopic (exact) mass is 438 g/mol. The third-order valence-corrected chi connectivity index (χ3v) is 8.60. The highest BCUT2D eigenvalue weighted by Crippen LogP contribution is 2.49. The maximum atomic E-state index is 14.9. The topological polar surface area (TPSA) is 89.3 Å². The molecule has 1 aliphatic carbocycles. The number of halogens is 2. The van der Waals surface area contributed by atoms with E-state index in [1.54, 1.807) is 12.1 Å². The number of sulfone groups is 1. The van der Waals surface area contributed by atoms with Gasteiger partial charge in [0.1, 0.15) is 10.6 Å². The Hall–Kier alpha value is -1.96. The fourth-order valence-electron chi connectivity index (χ4n) is 4.18. The molecule has 8 heteroatoms. The summed E-state index contributed by atoms with van der Waals surface area (Å²) in [6, 6.07) is 10.5. The number of rotatable bonds is 5. The molecule has 1 aliphatic rings. The number of carbonyl (C=O) groups excluding carboxylic acids is 1. The smallest absolute Gasteiger partial charge is 0.234 e. The number of hydrogen-bond acceptors (Lipinski definition) is 4. The Bertz CT molecular complexity index is 1000. The Morgan fingerprint density at radius 2 is 1.83 bits per heavy atom. The molecule has 0 bridgehead atoms. The molecule has 2 aromatic rings. The van der Waals surface area contributed by atoms with Crippen molar-refractivity contribution in [1.82, 2.24) is 5.43 Å². The first-order valence-electron chi connectivity index (χ1n) is 9.46. The van der Waals surface area contributed by atoms with Gasteiger partial charge in [-0.25, -0.2) is 18.7 Å². The van der Waals surface area contributed by atoms with Crippen molar-refractivity contribution in [2.45, 2.75) is 48.7 Å². The van der Waals surface area contributed by atoms with Crippen LogP contribution in [0.25, 0.3) is 0 Å². The molecule has 0 radical (unpaired) electrons. The maximum absolute atomic E-state index is 14.9. The molecule has 3 rings (SSSR count). The Kier molecular flexibility index (Phi) is 6.31. The summed E-state index contributed by atoms with van der Waals surface area (Å²) < 4.78 is 41.0. The van der Waals surface area contributed by atoms with E-state index in [-0.39, 0.29) is 41.5 Å². The molecule has 5 nitrogen and oxygen atoms in total. The highest BCUT2D eigenvalue weighted by molar-refractivity contribution is 7.92. The van der Waals surface area contributed by atoms with Gasteiger partial charge < -0.3 is 0 Å². The van der Waals surface area contributed by atoms with Crippen molar-refractivity contribution in [1.29, 1.82) is 0 Å². The number of carbonyl (C=O) groups is 1. The summed E-state index contributed by atoms with van der Waals surface area (Å²) in [5.41, 5.74) is 3.09. The average molecular weight is 439 g/mol. The highest BCUT2D eigenvalue weighted by Gasteiger charge is 2.50. The summed E-state index contributed by atoms with van der Waals surface area (Å²) in [7, 11) is -3.91. The molecule has 1 amide bonds. The number of hydrogen-bond donors (Lipinski definition) is 2. The van der Waals surface area contributed by atoms with Crippen molar-refractivity contribution in [2.75, 3.05) is 0 Å². The van der Waals surface area contributed by atoms with Gasteiger partial charge in [0.25, 0.3) is 0 Å². The van der Waals surface area contributed by atoms with Crippen LogP contribution in [0.5, 0.6) is 0 Å². The van der Waals surface area contributed by atoms with Crippen LogP contribution in [0, 0.1) is 18.7 Å². The first-order valence-corrected chi connectivity index (χ1v) is 11.3. The second kappa shape index (κ2) is 8.42. The number of aryl methyl sites for hydroxylation is 1. The Balaban J connectivity index is 2.07. The minimum Gasteiger partial charge on any atom is -0.294 e. The highest BCUT2D eigenvalue weighted by atomic mass is 35.5. The van der Waals surface area contributed by atoms with Crippen LogP contribution < -0.4 is 11.3 Å². The molecule has 3 N–H and O–H groups in total. The fraction of sp³-hybridized carbons (Fsp3) is 0.381. The van der Waals surface area contributed by atoms with Crippen LogP contribution in [0.2, 0.25) is 5.02 Å². The van der Waals surface area contributed by atoms with Crippen LogP contribution in [0.1, 0.15) is 43.2 Å². The minimum absolute atomic E-state index is 0.0000341. The molecule has 0 aromatic heterocycles. The minimum atomic E-state index is -3.91. The summed E-state index contributed by atoms with van der Waals surface area (Å²) in [6.45, 7) is 1.81. The van der Waals surface area contributed by atoms with Gasteiger partial charge in [0.15, 0.2) is 9.84 Å². The predicted molar refractivity (Wildman–Crippen MR) is 110 cm³/mol. The van der Waals surface area contributed by atoms with E-state index in [2.05, 4.69) is 5.43 Å². The quantitative estimate of drug-likeness (QED) is 0.419. The van der Waals surface area contributed by atoms with E-state index >= 15 is 0 Å². The lowest BCUT2D eigenvalue weighted by molar-refractivity contribution is -0.122. The Morgan fingerprint density at radius 1 is 1.21 bits per heavy atom. The molecule has 0 saturated heterocycles. The average Bonchev–Trinajstić information content (AvgIpc) is 2.70. The molecule has 0 heterocycles. The van der Waals surface area contributed by atoms with Crippen LogP contribution in [-0.2, 0) is 19.4 Å². The molecule has 1 fully saturated rings. The second-order valence-electron chi connectivity index (χ2n) is 7.65. The van der Waals surface area contributed by atoms with Crippen molar-refractivity contribution in [2.24, 2.45) is 11.8 Å². The van der Waals surface area contributed by atoms with Crippen molar-refractivity contribution >= 4 is 27.3 Å². The SMILES string of the molecule is Cc1ccc(F)c([C@]2(S(=O)(=O)c3ccc(Cl)cc3)CC[C@@H](CC(=O)NN)CC2)c1.